The number of rotatable bonds is 15. The first kappa shape index (κ1) is 33.3. The van der Waals surface area contributed by atoms with Gasteiger partial charge in [-0.05, 0) is 62.7 Å². The van der Waals surface area contributed by atoms with E-state index in [-0.39, 0.29) is 0 Å². The number of carbonyl (C=O) groups is 1. The molecular weight excluding hydrogens is 543 g/mol. The summed E-state index contributed by atoms with van der Waals surface area (Å²) in [6, 6.07) is 1.05. The summed E-state index contributed by atoms with van der Waals surface area (Å²) in [5, 5.41) is 0. The third-order valence-corrected chi connectivity index (χ3v) is 8.59. The Balaban J connectivity index is 1.28. The molecule has 1 aromatic carbocycles. The topological polar surface area (TPSA) is 44.8 Å². The quantitative estimate of drug-likeness (QED) is 0.0673. The summed E-state index contributed by atoms with van der Waals surface area (Å²) in [6.07, 6.45) is 17.6. The maximum atomic E-state index is 13.9. The summed E-state index contributed by atoms with van der Waals surface area (Å²) in [7, 11) is 1.76. The normalized spacial score (nSPS) is 23.6. The van der Waals surface area contributed by atoms with Crippen molar-refractivity contribution in [2.45, 2.75) is 109 Å². The van der Waals surface area contributed by atoms with E-state index >= 15 is 0 Å². The second kappa shape index (κ2) is 17.1. The van der Waals surface area contributed by atoms with E-state index in [2.05, 4.69) is 16.9 Å². The zero-order chi connectivity index (χ0) is 29.7. The predicted molar refractivity (Wildman–Crippen MR) is 148 cm³/mol. The maximum Gasteiger partial charge on any atom is 0.573 e. The summed E-state index contributed by atoms with van der Waals surface area (Å²) in [5.41, 5.74) is 0. The van der Waals surface area contributed by atoms with Crippen LogP contribution in [0.1, 0.15) is 103 Å². The number of allylic oxidation sites excluding steroid dienone is 2. The number of hydrogen-bond acceptors (Lipinski definition) is 4. The van der Waals surface area contributed by atoms with Crippen molar-refractivity contribution in [1.29, 1.82) is 0 Å². The molecule has 0 radical (unpaired) electrons. The van der Waals surface area contributed by atoms with Crippen LogP contribution in [0, 0.1) is 35.3 Å². The van der Waals surface area contributed by atoms with Crippen molar-refractivity contribution in [3.63, 3.8) is 0 Å². The van der Waals surface area contributed by atoms with E-state index in [4.69, 9.17) is 9.47 Å². The summed E-state index contributed by atoms with van der Waals surface area (Å²) in [4.78, 5) is 12.5. The zero-order valence-corrected chi connectivity index (χ0v) is 24.2. The van der Waals surface area contributed by atoms with Crippen molar-refractivity contribution in [2.24, 2.45) is 23.7 Å². The first-order chi connectivity index (χ1) is 19.6. The highest BCUT2D eigenvalue weighted by Crippen LogP contribution is 2.36. The molecule has 2 fully saturated rings. The summed E-state index contributed by atoms with van der Waals surface area (Å²) >= 11 is 0. The van der Waals surface area contributed by atoms with Crippen molar-refractivity contribution in [3.8, 4) is 11.5 Å². The fourth-order valence-corrected chi connectivity index (χ4v) is 6.19. The Morgan fingerprint density at radius 2 is 1.44 bits per heavy atom. The van der Waals surface area contributed by atoms with Crippen LogP contribution in [0.3, 0.4) is 0 Å². The van der Waals surface area contributed by atoms with E-state index in [0.29, 0.717) is 30.9 Å². The van der Waals surface area contributed by atoms with E-state index in [0.717, 1.165) is 37.7 Å². The Labute approximate surface area is 241 Å². The van der Waals surface area contributed by atoms with Crippen LogP contribution in [-0.4, -0.2) is 26.0 Å². The molecule has 1 aromatic rings. The Bertz CT molecular complexity index is 925. The summed E-state index contributed by atoms with van der Waals surface area (Å²) < 4.78 is 78.3. The number of halogens is 5. The first-order valence-corrected chi connectivity index (χ1v) is 15.3. The minimum atomic E-state index is -5.24. The Hall–Kier alpha value is -2.16. The van der Waals surface area contributed by atoms with Crippen molar-refractivity contribution in [2.75, 3.05) is 13.7 Å². The number of hydrogen-bond donors (Lipinski definition) is 0. The summed E-state index contributed by atoms with van der Waals surface area (Å²) in [5.74, 6) is -4.17. The predicted octanol–water partition coefficient (Wildman–Crippen LogP) is 9.70. The van der Waals surface area contributed by atoms with Gasteiger partial charge in [-0.3, -0.25) is 4.79 Å². The first-order valence-electron chi connectivity index (χ1n) is 15.3. The van der Waals surface area contributed by atoms with Crippen LogP contribution < -0.4 is 9.47 Å². The van der Waals surface area contributed by atoms with Gasteiger partial charge >= 0.3 is 12.3 Å². The molecule has 0 unspecified atom stereocenters. The number of esters is 1. The van der Waals surface area contributed by atoms with Gasteiger partial charge in [-0.25, -0.2) is 8.78 Å². The van der Waals surface area contributed by atoms with E-state index in [1.165, 1.54) is 70.6 Å². The van der Waals surface area contributed by atoms with Gasteiger partial charge in [0.2, 0.25) is 5.75 Å². The molecule has 0 aromatic heterocycles. The molecular formula is C32H45F5O4. The summed E-state index contributed by atoms with van der Waals surface area (Å²) in [6.45, 7) is 0.876. The van der Waals surface area contributed by atoms with Gasteiger partial charge in [-0.15, -0.1) is 13.2 Å². The molecule has 3 rings (SSSR count). The van der Waals surface area contributed by atoms with E-state index in [1.807, 2.05) is 0 Å². The van der Waals surface area contributed by atoms with Crippen molar-refractivity contribution < 1.29 is 41.0 Å². The highest BCUT2D eigenvalue weighted by molar-refractivity contribution is 5.75. The molecule has 2 aliphatic rings. The van der Waals surface area contributed by atoms with Gasteiger partial charge in [0.25, 0.3) is 0 Å². The lowest BCUT2D eigenvalue weighted by molar-refractivity contribution is -0.276. The second-order valence-corrected chi connectivity index (χ2v) is 11.7. The monoisotopic (exact) mass is 588 g/mol. The van der Waals surface area contributed by atoms with Gasteiger partial charge < -0.3 is 14.2 Å². The zero-order valence-electron chi connectivity index (χ0n) is 24.2. The molecule has 41 heavy (non-hydrogen) atoms. The molecule has 2 saturated carbocycles. The molecule has 0 bridgehead atoms. The van der Waals surface area contributed by atoms with Gasteiger partial charge in [-0.1, -0.05) is 69.9 Å². The average molecular weight is 589 g/mol. The molecule has 0 spiro atoms. The number of methoxy groups -OCH3 is 1. The Morgan fingerprint density at radius 1 is 0.854 bits per heavy atom. The molecule has 0 heterocycles. The minimum absolute atomic E-state index is 0.387. The number of alkyl halides is 3. The Kier molecular flexibility index (Phi) is 13.9. The van der Waals surface area contributed by atoms with Crippen LogP contribution in [0.4, 0.5) is 22.0 Å². The highest BCUT2D eigenvalue weighted by Gasteiger charge is 2.34. The van der Waals surface area contributed by atoms with Gasteiger partial charge in [0, 0.05) is 25.8 Å². The SMILES string of the molecule is COCCCCCCCC1CCC(CC/C=C/C2CCC(C(=O)Oc3cc(F)c(OC(F)(F)F)c(F)c3)CC2)CC1. The van der Waals surface area contributed by atoms with E-state index in [9.17, 15) is 26.7 Å². The largest absolute Gasteiger partial charge is 0.573 e. The van der Waals surface area contributed by atoms with Crippen LogP contribution in [0.5, 0.6) is 11.5 Å². The fourth-order valence-electron chi connectivity index (χ4n) is 6.19. The third-order valence-electron chi connectivity index (χ3n) is 8.59. The molecule has 0 atom stereocenters. The van der Waals surface area contributed by atoms with E-state index in [1.54, 1.807) is 7.11 Å². The van der Waals surface area contributed by atoms with Crippen LogP contribution in [0.25, 0.3) is 0 Å². The van der Waals surface area contributed by atoms with E-state index < -0.39 is 41.4 Å². The smallest absolute Gasteiger partial charge is 0.426 e. The lowest BCUT2D eigenvalue weighted by atomic mass is 9.78. The van der Waals surface area contributed by atoms with Crippen LogP contribution in [-0.2, 0) is 9.53 Å². The van der Waals surface area contributed by atoms with Crippen LogP contribution >= 0.6 is 0 Å². The number of unbranched alkanes of at least 4 members (excludes halogenated alkanes) is 4. The molecule has 0 N–H and O–H groups in total. The lowest BCUT2D eigenvalue weighted by Gasteiger charge is -2.28. The maximum absolute atomic E-state index is 13.9. The van der Waals surface area contributed by atoms with Gasteiger partial charge in [0.05, 0.1) is 5.92 Å². The average Bonchev–Trinajstić information content (AvgIpc) is 2.93. The fraction of sp³-hybridized carbons (Fsp3) is 0.719. The molecule has 9 heteroatoms. The van der Waals surface area contributed by atoms with Gasteiger partial charge in [0.1, 0.15) is 5.75 Å². The van der Waals surface area contributed by atoms with Gasteiger partial charge in [0.15, 0.2) is 11.6 Å². The lowest BCUT2D eigenvalue weighted by Crippen LogP contribution is -2.25. The van der Waals surface area contributed by atoms with Gasteiger partial charge in [-0.2, -0.15) is 0 Å². The third kappa shape index (κ3) is 12.3. The van der Waals surface area contributed by atoms with Crippen LogP contribution in [0.2, 0.25) is 0 Å². The number of ether oxygens (including phenoxy) is 3. The van der Waals surface area contributed by atoms with Crippen molar-refractivity contribution in [1.82, 2.24) is 0 Å². The molecule has 4 nitrogen and oxygen atoms in total. The highest BCUT2D eigenvalue weighted by atomic mass is 19.4. The molecule has 0 aliphatic heterocycles. The number of benzene rings is 1. The minimum Gasteiger partial charge on any atom is -0.426 e. The standard InChI is InChI=1S/C32H45F5O4/c1-39-20-8-4-2-3-5-9-23-12-14-24(15-13-23)10-6-7-11-25-16-18-26(19-17-25)31(38)40-27-21-28(33)30(29(34)22-27)41-32(35,36)37/h7,11,21-26H,2-6,8-10,12-20H2,1H3/b11-7+. The van der Waals surface area contributed by atoms with Crippen LogP contribution in [0.15, 0.2) is 24.3 Å². The Morgan fingerprint density at radius 3 is 2.05 bits per heavy atom. The molecule has 2 aliphatic carbocycles. The van der Waals surface area contributed by atoms with Crippen molar-refractivity contribution >= 4 is 5.97 Å². The second-order valence-electron chi connectivity index (χ2n) is 11.7. The van der Waals surface area contributed by atoms with Crippen molar-refractivity contribution in [3.05, 3.63) is 35.9 Å². The molecule has 232 valence electrons. The molecule has 0 saturated heterocycles. The molecule has 0 amide bonds. The number of carbonyl (C=O) groups excluding carboxylic acids is 1.